The van der Waals surface area contributed by atoms with Crippen molar-refractivity contribution in [1.29, 1.82) is 0 Å². The van der Waals surface area contributed by atoms with Crippen LogP contribution >= 0.6 is 0 Å². The number of nitrogens with zero attached hydrogens (tertiary/aromatic N) is 2. The Morgan fingerprint density at radius 2 is 1.49 bits per heavy atom. The van der Waals surface area contributed by atoms with Crippen LogP contribution < -0.4 is 14.4 Å². The Morgan fingerprint density at radius 1 is 0.897 bits per heavy atom. The molecule has 208 valence electrons. The van der Waals surface area contributed by atoms with Gasteiger partial charge >= 0.3 is 0 Å². The lowest BCUT2D eigenvalue weighted by Crippen LogP contribution is -2.50. The van der Waals surface area contributed by atoms with Crippen LogP contribution in [0.4, 0.5) is 5.69 Å². The van der Waals surface area contributed by atoms with Gasteiger partial charge in [-0.1, -0.05) is 72.8 Å². The van der Waals surface area contributed by atoms with E-state index >= 15 is 0 Å². The number of hydrogen-bond acceptors (Lipinski definition) is 5. The fourth-order valence-electron chi connectivity index (χ4n) is 4.44. The zero-order chi connectivity index (χ0) is 28.3. The minimum Gasteiger partial charge on any atom is -0.495 e. The van der Waals surface area contributed by atoms with Crippen molar-refractivity contribution in [2.75, 3.05) is 30.8 Å². The minimum atomic E-state index is -3.63. The van der Waals surface area contributed by atoms with E-state index in [2.05, 4.69) is 5.32 Å². The average molecular weight is 552 g/mol. The molecular weight excluding hydrogens is 514 g/mol. The van der Waals surface area contributed by atoms with Crippen molar-refractivity contribution >= 4 is 27.5 Å². The molecule has 1 N–H and O–H groups in total. The third kappa shape index (κ3) is 8.58. The first kappa shape index (κ1) is 29.7. The largest absolute Gasteiger partial charge is 0.495 e. The predicted octanol–water partition coefficient (Wildman–Crippen LogP) is 4.02. The topological polar surface area (TPSA) is 96.0 Å². The van der Waals surface area contributed by atoms with E-state index in [4.69, 9.17) is 4.74 Å². The van der Waals surface area contributed by atoms with Crippen LogP contribution in [-0.4, -0.2) is 57.6 Å². The summed E-state index contributed by atoms with van der Waals surface area (Å²) in [7, 11) is -2.15. The molecule has 0 spiro atoms. The first-order valence-corrected chi connectivity index (χ1v) is 14.8. The Balaban J connectivity index is 1.85. The second kappa shape index (κ2) is 14.3. The molecule has 0 saturated carbocycles. The summed E-state index contributed by atoms with van der Waals surface area (Å²) in [5.41, 5.74) is 2.26. The molecule has 1 unspecified atom stereocenters. The predicted molar refractivity (Wildman–Crippen MR) is 154 cm³/mol. The molecule has 3 aromatic carbocycles. The Morgan fingerprint density at radius 3 is 2.08 bits per heavy atom. The Hall–Kier alpha value is -3.85. The maximum absolute atomic E-state index is 13.7. The molecular formula is C30H37N3O5S. The molecule has 0 bridgehead atoms. The molecule has 1 atom stereocenters. The Kier molecular flexibility index (Phi) is 10.9. The summed E-state index contributed by atoms with van der Waals surface area (Å²) < 4.78 is 31.9. The van der Waals surface area contributed by atoms with Crippen molar-refractivity contribution in [2.24, 2.45) is 0 Å². The summed E-state index contributed by atoms with van der Waals surface area (Å²) in [5.74, 6) is -0.0175. The van der Waals surface area contributed by atoms with Gasteiger partial charge in [0.1, 0.15) is 11.8 Å². The van der Waals surface area contributed by atoms with E-state index in [-0.39, 0.29) is 37.7 Å². The van der Waals surface area contributed by atoms with Crippen LogP contribution in [0.5, 0.6) is 5.75 Å². The van der Waals surface area contributed by atoms with Crippen LogP contribution in [0.25, 0.3) is 0 Å². The standard InChI is InChI=1S/C30H37N3O5S/c1-4-31-30(35)27(22-24-14-7-5-8-15-24)32(23-25-16-9-6-10-17-25)29(34)20-13-21-33(39(3,36)37)26-18-11-12-19-28(26)38-2/h5-12,14-19,27H,4,13,20-23H2,1-3H3,(H,31,35). The van der Waals surface area contributed by atoms with Crippen molar-refractivity contribution in [3.8, 4) is 5.75 Å². The van der Waals surface area contributed by atoms with E-state index in [0.717, 1.165) is 17.4 Å². The smallest absolute Gasteiger partial charge is 0.243 e. The van der Waals surface area contributed by atoms with Gasteiger partial charge in [0.05, 0.1) is 19.1 Å². The fourth-order valence-corrected chi connectivity index (χ4v) is 5.41. The molecule has 0 fully saturated rings. The summed E-state index contributed by atoms with van der Waals surface area (Å²) >= 11 is 0. The molecule has 2 amide bonds. The Bertz CT molecular complexity index is 1320. The third-order valence-corrected chi connectivity index (χ3v) is 7.50. The van der Waals surface area contributed by atoms with E-state index in [1.54, 1.807) is 29.2 Å². The molecule has 0 aliphatic rings. The summed E-state index contributed by atoms with van der Waals surface area (Å²) in [5, 5.41) is 2.88. The molecule has 3 aromatic rings. The van der Waals surface area contributed by atoms with Crippen LogP contribution in [0.15, 0.2) is 84.9 Å². The number of nitrogens with one attached hydrogen (secondary N) is 1. The molecule has 0 heterocycles. The highest BCUT2D eigenvalue weighted by molar-refractivity contribution is 7.92. The second-order valence-corrected chi connectivity index (χ2v) is 11.1. The maximum atomic E-state index is 13.7. The summed E-state index contributed by atoms with van der Waals surface area (Å²) in [4.78, 5) is 28.6. The number of carbonyl (C=O) groups excluding carboxylic acids is 2. The lowest BCUT2D eigenvalue weighted by molar-refractivity contribution is -0.141. The number of para-hydroxylation sites is 2. The molecule has 0 saturated heterocycles. The Labute approximate surface area is 231 Å². The molecule has 0 aliphatic heterocycles. The van der Waals surface area contributed by atoms with E-state index < -0.39 is 16.1 Å². The number of anilines is 1. The van der Waals surface area contributed by atoms with Crippen molar-refractivity contribution in [1.82, 2.24) is 10.2 Å². The van der Waals surface area contributed by atoms with Crippen LogP contribution in [0.3, 0.4) is 0 Å². The van der Waals surface area contributed by atoms with E-state index in [1.165, 1.54) is 11.4 Å². The number of carbonyl (C=O) groups is 2. The summed E-state index contributed by atoms with van der Waals surface area (Å²) in [6, 6.07) is 25.3. The monoisotopic (exact) mass is 551 g/mol. The van der Waals surface area contributed by atoms with Gasteiger partial charge in [-0.15, -0.1) is 0 Å². The third-order valence-electron chi connectivity index (χ3n) is 6.32. The second-order valence-electron chi connectivity index (χ2n) is 9.22. The van der Waals surface area contributed by atoms with Gasteiger partial charge in [-0.3, -0.25) is 13.9 Å². The lowest BCUT2D eigenvalue weighted by Gasteiger charge is -2.32. The average Bonchev–Trinajstić information content (AvgIpc) is 2.93. The number of ether oxygens (including phenoxy) is 1. The zero-order valence-corrected chi connectivity index (χ0v) is 23.6. The first-order chi connectivity index (χ1) is 18.7. The first-order valence-electron chi connectivity index (χ1n) is 13.0. The highest BCUT2D eigenvalue weighted by atomic mass is 32.2. The van der Waals surface area contributed by atoms with E-state index in [1.807, 2.05) is 67.6 Å². The normalized spacial score (nSPS) is 11.9. The van der Waals surface area contributed by atoms with Crippen molar-refractivity contribution < 1.29 is 22.7 Å². The number of amides is 2. The van der Waals surface area contributed by atoms with Gasteiger partial charge in [0, 0.05) is 32.5 Å². The summed E-state index contributed by atoms with van der Waals surface area (Å²) in [6.45, 7) is 2.64. The van der Waals surface area contributed by atoms with E-state index in [9.17, 15) is 18.0 Å². The molecule has 39 heavy (non-hydrogen) atoms. The lowest BCUT2D eigenvalue weighted by atomic mass is 10.0. The number of likely N-dealkylation sites (N-methyl/N-ethyl adjacent to an activating group) is 1. The van der Waals surface area contributed by atoms with Gasteiger partial charge in [0.2, 0.25) is 21.8 Å². The summed E-state index contributed by atoms with van der Waals surface area (Å²) in [6.07, 6.45) is 1.83. The fraction of sp³-hybridized carbons (Fsp3) is 0.333. The van der Waals surface area contributed by atoms with Gasteiger partial charge in [-0.2, -0.15) is 0 Å². The van der Waals surface area contributed by atoms with E-state index in [0.29, 0.717) is 24.4 Å². The van der Waals surface area contributed by atoms with Crippen molar-refractivity contribution in [3.05, 3.63) is 96.1 Å². The quantitative estimate of drug-likeness (QED) is 0.327. The van der Waals surface area contributed by atoms with Crippen molar-refractivity contribution in [2.45, 2.75) is 38.8 Å². The van der Waals surface area contributed by atoms with Gasteiger partial charge in [0.25, 0.3) is 0 Å². The van der Waals surface area contributed by atoms with Crippen LogP contribution in [-0.2, 0) is 32.6 Å². The van der Waals surface area contributed by atoms with Gasteiger partial charge in [-0.25, -0.2) is 8.42 Å². The molecule has 3 rings (SSSR count). The molecule has 0 aromatic heterocycles. The maximum Gasteiger partial charge on any atom is 0.243 e. The van der Waals surface area contributed by atoms with Gasteiger partial charge in [-0.05, 0) is 36.6 Å². The number of hydrogen-bond donors (Lipinski definition) is 1. The number of methoxy groups -OCH3 is 1. The highest BCUT2D eigenvalue weighted by Gasteiger charge is 2.30. The van der Waals surface area contributed by atoms with Crippen LogP contribution in [0, 0.1) is 0 Å². The molecule has 8 nitrogen and oxygen atoms in total. The number of rotatable bonds is 14. The molecule has 9 heteroatoms. The van der Waals surface area contributed by atoms with Crippen molar-refractivity contribution in [3.63, 3.8) is 0 Å². The van der Waals surface area contributed by atoms with Crippen LogP contribution in [0.2, 0.25) is 0 Å². The number of benzene rings is 3. The SMILES string of the molecule is CCNC(=O)C(Cc1ccccc1)N(Cc1ccccc1)C(=O)CCCN(c1ccccc1OC)S(C)(=O)=O. The zero-order valence-electron chi connectivity index (χ0n) is 22.7. The highest BCUT2D eigenvalue weighted by Crippen LogP contribution is 2.30. The van der Waals surface area contributed by atoms with Crippen LogP contribution in [0.1, 0.15) is 30.9 Å². The van der Waals surface area contributed by atoms with Gasteiger partial charge in [0.15, 0.2) is 0 Å². The number of sulfonamides is 1. The molecule has 0 aliphatic carbocycles. The molecule has 0 radical (unpaired) electrons. The minimum absolute atomic E-state index is 0.0682. The van der Waals surface area contributed by atoms with Gasteiger partial charge < -0.3 is 15.0 Å².